The van der Waals surface area contributed by atoms with E-state index >= 15 is 0 Å². The molecule has 0 bridgehead atoms. The second-order valence-electron chi connectivity index (χ2n) is 4.41. The summed E-state index contributed by atoms with van der Waals surface area (Å²) in [4.78, 5) is 12.4. The normalized spacial score (nSPS) is 10.2. The molecule has 0 atom stereocenters. The van der Waals surface area contributed by atoms with E-state index in [0.717, 1.165) is 14.7 Å². The van der Waals surface area contributed by atoms with Crippen LogP contribution < -0.4 is 11.1 Å². The van der Waals surface area contributed by atoms with E-state index in [2.05, 4.69) is 27.9 Å². The number of thiocarbonyl (C=S) groups is 1. The Bertz CT molecular complexity index is 689. The van der Waals surface area contributed by atoms with Gasteiger partial charge in [-0.1, -0.05) is 48.1 Å². The van der Waals surface area contributed by atoms with Crippen LogP contribution in [0.3, 0.4) is 0 Å². The predicted octanol–water partition coefficient (Wildman–Crippen LogP) is 3.76. The molecule has 2 aromatic rings. The van der Waals surface area contributed by atoms with Gasteiger partial charge >= 0.3 is 0 Å². The van der Waals surface area contributed by atoms with E-state index in [1.165, 1.54) is 0 Å². The fraction of sp³-hybridized carbons (Fsp3) is 0.0667. The van der Waals surface area contributed by atoms with Crippen molar-refractivity contribution in [1.29, 1.82) is 0 Å². The highest BCUT2D eigenvalue weighted by atomic mass is 127. The van der Waals surface area contributed by atoms with Crippen molar-refractivity contribution in [3.8, 4) is 0 Å². The lowest BCUT2D eigenvalue weighted by Crippen LogP contribution is -2.15. The van der Waals surface area contributed by atoms with Crippen molar-refractivity contribution in [2.24, 2.45) is 5.73 Å². The third-order valence-corrected chi connectivity index (χ3v) is 4.03. The Morgan fingerprint density at radius 3 is 2.48 bits per heavy atom. The summed E-state index contributed by atoms with van der Waals surface area (Å²) in [5.74, 6) is -0.124. The molecule has 2 rings (SSSR count). The van der Waals surface area contributed by atoms with Crippen molar-refractivity contribution >= 4 is 63.0 Å². The maximum Gasteiger partial charge on any atom is 0.228 e. The van der Waals surface area contributed by atoms with Crippen molar-refractivity contribution < 1.29 is 4.79 Å². The molecule has 2 aromatic carbocycles. The first-order chi connectivity index (χ1) is 9.95. The Balaban J connectivity index is 2.02. The van der Waals surface area contributed by atoms with Gasteiger partial charge in [-0.25, -0.2) is 0 Å². The molecule has 6 heteroatoms. The monoisotopic (exact) mass is 430 g/mol. The molecular weight excluding hydrogens is 419 g/mol. The van der Waals surface area contributed by atoms with Crippen LogP contribution in [0.5, 0.6) is 0 Å². The van der Waals surface area contributed by atoms with Crippen LogP contribution >= 0.6 is 46.4 Å². The molecule has 21 heavy (non-hydrogen) atoms. The molecule has 3 nitrogen and oxygen atoms in total. The first kappa shape index (κ1) is 16.2. The van der Waals surface area contributed by atoms with Gasteiger partial charge in [-0.05, 0) is 46.4 Å². The highest BCUT2D eigenvalue weighted by molar-refractivity contribution is 14.1. The molecule has 0 heterocycles. The van der Waals surface area contributed by atoms with Crippen LogP contribution in [-0.2, 0) is 11.2 Å². The summed E-state index contributed by atoms with van der Waals surface area (Å²) in [5, 5.41) is 3.33. The number of hydrogen-bond acceptors (Lipinski definition) is 2. The van der Waals surface area contributed by atoms with Gasteiger partial charge in [0.05, 0.1) is 17.1 Å². The summed E-state index contributed by atoms with van der Waals surface area (Å²) in [6, 6.07) is 12.8. The summed E-state index contributed by atoms with van der Waals surface area (Å²) in [5.41, 5.74) is 7.82. The van der Waals surface area contributed by atoms with Crippen molar-refractivity contribution in [3.05, 3.63) is 62.2 Å². The first-order valence-electron chi connectivity index (χ1n) is 6.09. The number of benzene rings is 2. The minimum Gasteiger partial charge on any atom is -0.389 e. The number of halogens is 2. The highest BCUT2D eigenvalue weighted by Crippen LogP contribution is 2.24. The van der Waals surface area contributed by atoms with Crippen LogP contribution in [0.15, 0.2) is 42.5 Å². The zero-order chi connectivity index (χ0) is 15.4. The van der Waals surface area contributed by atoms with Gasteiger partial charge in [-0.15, -0.1) is 0 Å². The lowest BCUT2D eigenvalue weighted by Gasteiger charge is -2.08. The summed E-state index contributed by atoms with van der Waals surface area (Å²) in [6.45, 7) is 0. The van der Waals surface area contributed by atoms with Gasteiger partial charge in [0.15, 0.2) is 0 Å². The van der Waals surface area contributed by atoms with E-state index in [0.29, 0.717) is 15.7 Å². The average Bonchev–Trinajstić information content (AvgIpc) is 2.42. The maximum atomic E-state index is 12.0. The molecule has 0 aliphatic carbocycles. The number of amides is 1. The van der Waals surface area contributed by atoms with Crippen LogP contribution in [0.1, 0.15) is 11.1 Å². The molecule has 1 amide bonds. The molecule has 108 valence electrons. The molecule has 0 radical (unpaired) electrons. The molecule has 0 aliphatic heterocycles. The van der Waals surface area contributed by atoms with E-state index in [-0.39, 0.29) is 12.3 Å². The zero-order valence-corrected chi connectivity index (χ0v) is 14.6. The van der Waals surface area contributed by atoms with E-state index in [1.54, 1.807) is 12.1 Å². The Hall–Kier alpha value is -1.18. The van der Waals surface area contributed by atoms with Gasteiger partial charge in [0.2, 0.25) is 5.91 Å². The smallest absolute Gasteiger partial charge is 0.228 e. The standard InChI is InChI=1S/C15H12ClIN2OS/c16-12-8-11(17)5-6-13(12)19-14(20)7-9-1-3-10(4-2-9)15(18)21/h1-6,8H,7H2,(H2,18,21)(H,19,20). The van der Waals surface area contributed by atoms with E-state index in [9.17, 15) is 4.79 Å². The fourth-order valence-corrected chi connectivity index (χ4v) is 2.80. The van der Waals surface area contributed by atoms with Crippen LogP contribution in [0.25, 0.3) is 0 Å². The summed E-state index contributed by atoms with van der Waals surface area (Å²) in [7, 11) is 0. The molecule has 0 spiro atoms. The molecule has 3 N–H and O–H groups in total. The fourth-order valence-electron chi connectivity index (χ4n) is 1.76. The second-order valence-corrected chi connectivity index (χ2v) is 6.50. The number of nitrogens with one attached hydrogen (secondary N) is 1. The van der Waals surface area contributed by atoms with Crippen LogP contribution in [0.2, 0.25) is 5.02 Å². The SMILES string of the molecule is NC(=S)c1ccc(CC(=O)Nc2ccc(I)cc2Cl)cc1. The lowest BCUT2D eigenvalue weighted by molar-refractivity contribution is -0.115. The first-order valence-corrected chi connectivity index (χ1v) is 7.96. The molecular formula is C15H12ClIN2OS. The predicted molar refractivity (Wildman–Crippen MR) is 98.8 cm³/mol. The molecule has 0 aliphatic rings. The van der Waals surface area contributed by atoms with Crippen molar-refractivity contribution in [3.63, 3.8) is 0 Å². The van der Waals surface area contributed by atoms with Gasteiger partial charge in [0.25, 0.3) is 0 Å². The number of anilines is 1. The number of hydrogen-bond donors (Lipinski definition) is 2. The average molecular weight is 431 g/mol. The number of carbonyl (C=O) groups is 1. The second kappa shape index (κ2) is 7.20. The zero-order valence-electron chi connectivity index (χ0n) is 10.9. The summed E-state index contributed by atoms with van der Waals surface area (Å²) < 4.78 is 1.02. The topological polar surface area (TPSA) is 55.1 Å². The Kier molecular flexibility index (Phi) is 5.55. The van der Waals surface area contributed by atoms with Gasteiger partial charge in [-0.2, -0.15) is 0 Å². The molecule has 0 aromatic heterocycles. The van der Waals surface area contributed by atoms with Gasteiger partial charge < -0.3 is 11.1 Å². The lowest BCUT2D eigenvalue weighted by atomic mass is 10.1. The van der Waals surface area contributed by atoms with Crippen LogP contribution in [-0.4, -0.2) is 10.9 Å². The van der Waals surface area contributed by atoms with Crippen LogP contribution in [0, 0.1) is 3.57 Å². The van der Waals surface area contributed by atoms with Crippen molar-refractivity contribution in [2.45, 2.75) is 6.42 Å². The minimum atomic E-state index is -0.124. The third kappa shape index (κ3) is 4.66. The molecule has 0 saturated heterocycles. The molecule has 0 saturated carbocycles. The van der Waals surface area contributed by atoms with Crippen molar-refractivity contribution in [2.75, 3.05) is 5.32 Å². The minimum absolute atomic E-state index is 0.124. The highest BCUT2D eigenvalue weighted by Gasteiger charge is 2.07. The van der Waals surface area contributed by atoms with Crippen molar-refractivity contribution in [1.82, 2.24) is 0 Å². The Morgan fingerprint density at radius 2 is 1.90 bits per heavy atom. The third-order valence-electron chi connectivity index (χ3n) is 2.81. The van der Waals surface area contributed by atoms with E-state index in [1.807, 2.05) is 30.3 Å². The van der Waals surface area contributed by atoms with Gasteiger partial charge in [-0.3, -0.25) is 4.79 Å². The molecule has 0 fully saturated rings. The Labute approximate surface area is 147 Å². The maximum absolute atomic E-state index is 12.0. The Morgan fingerprint density at radius 1 is 1.24 bits per heavy atom. The summed E-state index contributed by atoms with van der Waals surface area (Å²) >= 11 is 13.1. The van der Waals surface area contributed by atoms with Gasteiger partial charge in [0, 0.05) is 9.13 Å². The molecule has 0 unspecified atom stereocenters. The van der Waals surface area contributed by atoms with E-state index < -0.39 is 0 Å². The quantitative estimate of drug-likeness (QED) is 0.574. The van der Waals surface area contributed by atoms with Crippen LogP contribution in [0.4, 0.5) is 5.69 Å². The number of rotatable bonds is 4. The number of carbonyl (C=O) groups excluding carboxylic acids is 1. The van der Waals surface area contributed by atoms with E-state index in [4.69, 9.17) is 29.6 Å². The number of nitrogens with two attached hydrogens (primary N) is 1. The summed E-state index contributed by atoms with van der Waals surface area (Å²) in [6.07, 6.45) is 0.264. The van der Waals surface area contributed by atoms with Gasteiger partial charge in [0.1, 0.15) is 4.99 Å². The largest absolute Gasteiger partial charge is 0.389 e.